The van der Waals surface area contributed by atoms with Gasteiger partial charge in [-0.15, -0.1) is 11.3 Å². The van der Waals surface area contributed by atoms with E-state index < -0.39 is 0 Å². The number of halogens is 1. The Balaban J connectivity index is 1.64. The predicted molar refractivity (Wildman–Crippen MR) is 119 cm³/mol. The fraction of sp³-hybridized carbons (Fsp3) is 0.0952. The fourth-order valence-electron chi connectivity index (χ4n) is 2.90. The summed E-state index contributed by atoms with van der Waals surface area (Å²) in [5, 5.41) is 8.02. The normalized spacial score (nSPS) is 11.1. The molecule has 2 aromatic heterocycles. The summed E-state index contributed by atoms with van der Waals surface area (Å²) in [6, 6.07) is 13.3. The van der Waals surface area contributed by atoms with Crippen molar-refractivity contribution in [3.05, 3.63) is 64.8 Å². The monoisotopic (exact) mass is 424 g/mol. The van der Waals surface area contributed by atoms with Gasteiger partial charge in [0.1, 0.15) is 11.2 Å². The van der Waals surface area contributed by atoms with Crippen LogP contribution in [0, 0.1) is 0 Å². The first-order chi connectivity index (χ1) is 14.2. The summed E-state index contributed by atoms with van der Waals surface area (Å²) in [5.41, 5.74) is 5.98. The Hall–Kier alpha value is -3.16. The van der Waals surface area contributed by atoms with Gasteiger partial charge in [0.05, 0.1) is 25.8 Å². The average Bonchev–Trinajstić information content (AvgIpc) is 3.19. The van der Waals surface area contributed by atoms with Crippen molar-refractivity contribution in [2.75, 3.05) is 19.6 Å². The lowest BCUT2D eigenvalue weighted by atomic mass is 10.1. The van der Waals surface area contributed by atoms with Crippen molar-refractivity contribution in [3.63, 3.8) is 0 Å². The summed E-state index contributed by atoms with van der Waals surface area (Å²) in [7, 11) is 3.20. The zero-order chi connectivity index (χ0) is 20.2. The van der Waals surface area contributed by atoms with Crippen LogP contribution in [-0.2, 0) is 0 Å². The molecule has 0 radical (unpaired) electrons. The highest BCUT2D eigenvalue weighted by Gasteiger charge is 2.13. The van der Waals surface area contributed by atoms with E-state index in [1.807, 2.05) is 42.5 Å². The van der Waals surface area contributed by atoms with E-state index >= 15 is 0 Å². The number of benzene rings is 2. The third kappa shape index (κ3) is 4.01. The lowest BCUT2D eigenvalue weighted by Gasteiger charge is -2.07. The van der Waals surface area contributed by atoms with E-state index in [2.05, 4.69) is 25.9 Å². The maximum atomic E-state index is 6.02. The molecule has 0 spiro atoms. The molecule has 0 aliphatic rings. The molecule has 1 N–H and O–H groups in total. The number of nitrogens with one attached hydrogen (secondary N) is 1. The molecule has 4 aromatic rings. The lowest BCUT2D eigenvalue weighted by Crippen LogP contribution is -1.96. The molecule has 0 unspecified atom stereocenters. The molecule has 2 aromatic carbocycles. The summed E-state index contributed by atoms with van der Waals surface area (Å²) in [6.45, 7) is 0. The smallest absolute Gasteiger partial charge is 0.161 e. The molecule has 0 saturated heterocycles. The highest BCUT2D eigenvalue weighted by atomic mass is 35.5. The van der Waals surface area contributed by atoms with E-state index in [1.165, 1.54) is 6.33 Å². The maximum absolute atomic E-state index is 6.02. The van der Waals surface area contributed by atoms with Crippen LogP contribution in [0.2, 0.25) is 5.02 Å². The fourth-order valence-corrected chi connectivity index (χ4v) is 3.94. The van der Waals surface area contributed by atoms with Crippen LogP contribution < -0.4 is 14.9 Å². The number of nitrogens with zero attached hydrogens (tertiary/aromatic N) is 3. The highest BCUT2D eigenvalue weighted by molar-refractivity contribution is 7.17. The lowest BCUT2D eigenvalue weighted by molar-refractivity contribution is 0.355. The quantitative estimate of drug-likeness (QED) is 0.328. The molecular formula is C21H17ClN4O2S. The van der Waals surface area contributed by atoms with Gasteiger partial charge < -0.3 is 9.47 Å². The third-order valence-corrected chi connectivity index (χ3v) is 5.46. The van der Waals surface area contributed by atoms with Gasteiger partial charge in [-0.3, -0.25) is 5.43 Å². The van der Waals surface area contributed by atoms with Gasteiger partial charge >= 0.3 is 0 Å². The van der Waals surface area contributed by atoms with Crippen LogP contribution in [0.3, 0.4) is 0 Å². The van der Waals surface area contributed by atoms with Crippen molar-refractivity contribution in [2.24, 2.45) is 5.10 Å². The standard InChI is InChI=1S/C21H17ClN4O2S/c1-27-17-8-3-13(9-18(17)28-2)10-25-26-20-19-16(11-29-21(19)24-12-23-20)14-4-6-15(22)7-5-14/h3-12H,1-2H3,(H,23,24,26)/b25-10+. The molecule has 8 heteroatoms. The molecule has 0 bridgehead atoms. The SMILES string of the molecule is COc1ccc(/C=N/Nc2ncnc3scc(-c4ccc(Cl)cc4)c23)cc1OC. The van der Waals surface area contributed by atoms with Crippen LogP contribution in [-0.4, -0.2) is 30.4 Å². The number of hydrogen-bond donors (Lipinski definition) is 1. The maximum Gasteiger partial charge on any atom is 0.161 e. The van der Waals surface area contributed by atoms with E-state index in [-0.39, 0.29) is 0 Å². The van der Waals surface area contributed by atoms with Crippen LogP contribution in [0.15, 0.2) is 59.3 Å². The highest BCUT2D eigenvalue weighted by Crippen LogP contribution is 2.36. The number of hydrogen-bond acceptors (Lipinski definition) is 7. The first-order valence-electron chi connectivity index (χ1n) is 8.69. The summed E-state index contributed by atoms with van der Waals surface area (Å²) in [6.07, 6.45) is 3.23. The number of rotatable bonds is 6. The molecule has 146 valence electrons. The second kappa shape index (κ2) is 8.46. The van der Waals surface area contributed by atoms with Gasteiger partial charge in [-0.05, 0) is 41.5 Å². The number of aromatic nitrogens is 2. The zero-order valence-electron chi connectivity index (χ0n) is 15.7. The van der Waals surface area contributed by atoms with Gasteiger partial charge in [0.15, 0.2) is 17.3 Å². The largest absolute Gasteiger partial charge is 0.493 e. The van der Waals surface area contributed by atoms with Gasteiger partial charge in [-0.1, -0.05) is 23.7 Å². The first-order valence-corrected chi connectivity index (χ1v) is 9.94. The number of anilines is 1. The Bertz CT molecular complexity index is 1180. The minimum atomic E-state index is 0.637. The number of hydrazone groups is 1. The molecule has 2 heterocycles. The summed E-state index contributed by atoms with van der Waals surface area (Å²) >= 11 is 7.58. The third-order valence-electron chi connectivity index (χ3n) is 4.32. The number of methoxy groups -OCH3 is 2. The van der Waals surface area contributed by atoms with E-state index in [4.69, 9.17) is 21.1 Å². The van der Waals surface area contributed by atoms with Gasteiger partial charge in [0.2, 0.25) is 0 Å². The Morgan fingerprint density at radius 3 is 2.59 bits per heavy atom. The van der Waals surface area contributed by atoms with Crippen LogP contribution >= 0.6 is 22.9 Å². The minimum Gasteiger partial charge on any atom is -0.493 e. The molecule has 0 aliphatic heterocycles. The Morgan fingerprint density at radius 1 is 1.03 bits per heavy atom. The van der Waals surface area contributed by atoms with E-state index in [0.717, 1.165) is 26.9 Å². The van der Waals surface area contributed by atoms with Crippen LogP contribution in [0.4, 0.5) is 5.82 Å². The van der Waals surface area contributed by atoms with Crippen LogP contribution in [0.5, 0.6) is 11.5 Å². The van der Waals surface area contributed by atoms with E-state index in [0.29, 0.717) is 22.3 Å². The van der Waals surface area contributed by atoms with Gasteiger partial charge in [-0.25, -0.2) is 9.97 Å². The van der Waals surface area contributed by atoms with Crippen molar-refractivity contribution in [1.29, 1.82) is 0 Å². The molecule has 0 aliphatic carbocycles. The zero-order valence-corrected chi connectivity index (χ0v) is 17.3. The van der Waals surface area contributed by atoms with Crippen molar-refractivity contribution >= 4 is 45.2 Å². The molecule has 29 heavy (non-hydrogen) atoms. The number of ether oxygens (including phenoxy) is 2. The summed E-state index contributed by atoms with van der Waals surface area (Å²) in [4.78, 5) is 9.63. The van der Waals surface area contributed by atoms with Gasteiger partial charge in [-0.2, -0.15) is 5.10 Å². The van der Waals surface area contributed by atoms with Gasteiger partial charge in [0.25, 0.3) is 0 Å². The molecule has 0 fully saturated rings. The molecular weight excluding hydrogens is 408 g/mol. The van der Waals surface area contributed by atoms with E-state index in [1.54, 1.807) is 31.8 Å². The van der Waals surface area contributed by atoms with E-state index in [9.17, 15) is 0 Å². The Morgan fingerprint density at radius 2 is 1.83 bits per heavy atom. The topological polar surface area (TPSA) is 68.6 Å². The Kier molecular flexibility index (Phi) is 5.59. The average molecular weight is 425 g/mol. The summed E-state index contributed by atoms with van der Waals surface area (Å²) < 4.78 is 10.6. The Labute approximate surface area is 176 Å². The minimum absolute atomic E-state index is 0.637. The second-order valence-corrected chi connectivity index (χ2v) is 7.34. The summed E-state index contributed by atoms with van der Waals surface area (Å²) in [5.74, 6) is 1.95. The second-order valence-electron chi connectivity index (χ2n) is 6.04. The number of fused-ring (bicyclic) bond motifs is 1. The molecule has 0 atom stereocenters. The molecule has 4 rings (SSSR count). The van der Waals surface area contributed by atoms with Crippen molar-refractivity contribution < 1.29 is 9.47 Å². The van der Waals surface area contributed by atoms with Crippen molar-refractivity contribution in [2.45, 2.75) is 0 Å². The van der Waals surface area contributed by atoms with Crippen LogP contribution in [0.1, 0.15) is 5.56 Å². The molecule has 0 saturated carbocycles. The molecule has 0 amide bonds. The predicted octanol–water partition coefficient (Wildman–Crippen LogP) is 5.47. The van der Waals surface area contributed by atoms with Crippen molar-refractivity contribution in [1.82, 2.24) is 9.97 Å². The number of thiophene rings is 1. The van der Waals surface area contributed by atoms with Crippen molar-refractivity contribution in [3.8, 4) is 22.6 Å². The van der Waals surface area contributed by atoms with Crippen LogP contribution in [0.25, 0.3) is 21.3 Å². The molecule has 6 nitrogen and oxygen atoms in total. The van der Waals surface area contributed by atoms with Gasteiger partial charge in [0, 0.05) is 16.0 Å². The first kappa shape index (κ1) is 19.2.